The molecule has 2 aromatic heterocycles. The quantitative estimate of drug-likeness (QED) is 0.245. The Labute approximate surface area is 219 Å². The SMILES string of the molecule is CCNC(=NCc1cccnc1N1CCN(C)CC1)NCc1ccccc1Cn1cccn1.I. The van der Waals surface area contributed by atoms with E-state index in [2.05, 4.69) is 74.8 Å². The molecule has 0 spiro atoms. The molecular weight excluding hydrogens is 539 g/mol. The summed E-state index contributed by atoms with van der Waals surface area (Å²) in [6.45, 7) is 9.03. The van der Waals surface area contributed by atoms with Crippen molar-refractivity contribution in [2.75, 3.05) is 44.7 Å². The highest BCUT2D eigenvalue weighted by molar-refractivity contribution is 14.0. The first-order valence-corrected chi connectivity index (χ1v) is 11.7. The second-order valence-electron chi connectivity index (χ2n) is 8.30. The standard InChI is InChI=1S/C25H34N8.HI/c1-3-26-25(28-18-21-8-4-5-9-23(21)20-33-13-7-12-30-33)29-19-22-10-6-11-27-24(22)32-16-14-31(2)15-17-32;/h4-13H,3,14-20H2,1-2H3,(H2,26,28,29);1H. The minimum atomic E-state index is 0. The summed E-state index contributed by atoms with van der Waals surface area (Å²) in [4.78, 5) is 14.3. The van der Waals surface area contributed by atoms with Crippen LogP contribution >= 0.6 is 24.0 Å². The van der Waals surface area contributed by atoms with Gasteiger partial charge in [-0.2, -0.15) is 5.10 Å². The molecule has 9 heteroatoms. The summed E-state index contributed by atoms with van der Waals surface area (Å²) in [7, 11) is 2.17. The van der Waals surface area contributed by atoms with E-state index < -0.39 is 0 Å². The number of likely N-dealkylation sites (N-methyl/N-ethyl adjacent to an activating group) is 1. The lowest BCUT2D eigenvalue weighted by molar-refractivity contribution is 0.312. The van der Waals surface area contributed by atoms with E-state index in [0.29, 0.717) is 13.1 Å². The number of benzene rings is 1. The third-order valence-corrected chi connectivity index (χ3v) is 5.88. The molecule has 1 aliphatic heterocycles. The van der Waals surface area contributed by atoms with Gasteiger partial charge >= 0.3 is 0 Å². The van der Waals surface area contributed by atoms with Crippen LogP contribution in [0.3, 0.4) is 0 Å². The molecule has 0 amide bonds. The second kappa shape index (κ2) is 13.3. The van der Waals surface area contributed by atoms with Crippen LogP contribution in [0.25, 0.3) is 0 Å². The van der Waals surface area contributed by atoms with Crippen LogP contribution < -0.4 is 15.5 Å². The number of rotatable bonds is 8. The average molecular weight is 575 g/mol. The van der Waals surface area contributed by atoms with E-state index in [1.165, 1.54) is 11.1 Å². The molecular formula is C25H35IN8. The Kier molecular flexibility index (Phi) is 10.1. The van der Waals surface area contributed by atoms with E-state index in [1.807, 2.05) is 35.4 Å². The molecule has 3 heterocycles. The molecule has 3 aromatic rings. The van der Waals surface area contributed by atoms with Crippen molar-refractivity contribution >= 4 is 35.8 Å². The number of nitrogens with one attached hydrogen (secondary N) is 2. The first-order valence-electron chi connectivity index (χ1n) is 11.7. The number of aliphatic imine (C=N–C) groups is 1. The van der Waals surface area contributed by atoms with Crippen molar-refractivity contribution in [2.45, 2.75) is 26.6 Å². The van der Waals surface area contributed by atoms with Gasteiger partial charge in [-0.05, 0) is 37.2 Å². The number of piperazine rings is 1. The average Bonchev–Trinajstić information content (AvgIpc) is 3.36. The van der Waals surface area contributed by atoms with Crippen molar-refractivity contribution in [1.29, 1.82) is 0 Å². The highest BCUT2D eigenvalue weighted by Crippen LogP contribution is 2.19. The van der Waals surface area contributed by atoms with Crippen LogP contribution in [0.1, 0.15) is 23.6 Å². The van der Waals surface area contributed by atoms with Crippen LogP contribution in [-0.2, 0) is 19.6 Å². The monoisotopic (exact) mass is 574 g/mol. The Balaban J connectivity index is 0.00000324. The van der Waals surface area contributed by atoms with Gasteiger partial charge in [-0.25, -0.2) is 9.98 Å². The Hall–Kier alpha value is -2.66. The molecule has 1 aliphatic rings. The number of aromatic nitrogens is 3. The van der Waals surface area contributed by atoms with E-state index >= 15 is 0 Å². The third-order valence-electron chi connectivity index (χ3n) is 5.88. The maximum absolute atomic E-state index is 4.87. The van der Waals surface area contributed by atoms with Gasteiger partial charge in [0.1, 0.15) is 5.82 Å². The van der Waals surface area contributed by atoms with Crippen molar-refractivity contribution < 1.29 is 0 Å². The number of anilines is 1. The molecule has 1 saturated heterocycles. The Morgan fingerprint density at radius 2 is 1.71 bits per heavy atom. The van der Waals surface area contributed by atoms with Gasteiger partial charge in [0.15, 0.2) is 5.96 Å². The van der Waals surface area contributed by atoms with Gasteiger partial charge in [0.2, 0.25) is 0 Å². The highest BCUT2D eigenvalue weighted by Gasteiger charge is 2.17. The van der Waals surface area contributed by atoms with Crippen molar-refractivity contribution in [3.8, 4) is 0 Å². The maximum Gasteiger partial charge on any atom is 0.191 e. The van der Waals surface area contributed by atoms with Gasteiger partial charge in [0, 0.05) is 63.4 Å². The summed E-state index contributed by atoms with van der Waals surface area (Å²) >= 11 is 0. The topological polar surface area (TPSA) is 73.6 Å². The summed E-state index contributed by atoms with van der Waals surface area (Å²) in [5.74, 6) is 1.86. The summed E-state index contributed by atoms with van der Waals surface area (Å²) < 4.78 is 1.94. The van der Waals surface area contributed by atoms with E-state index in [4.69, 9.17) is 4.99 Å². The number of hydrogen-bond acceptors (Lipinski definition) is 5. The van der Waals surface area contributed by atoms with Gasteiger partial charge in [-0.1, -0.05) is 30.3 Å². The number of halogens is 1. The fraction of sp³-hybridized carbons (Fsp3) is 0.400. The fourth-order valence-electron chi connectivity index (χ4n) is 3.99. The van der Waals surface area contributed by atoms with Crippen LogP contribution in [-0.4, -0.2) is 65.4 Å². The Bertz CT molecular complexity index is 1030. The zero-order valence-corrected chi connectivity index (χ0v) is 22.4. The zero-order valence-electron chi connectivity index (χ0n) is 20.0. The third kappa shape index (κ3) is 7.17. The highest BCUT2D eigenvalue weighted by atomic mass is 127. The summed E-state index contributed by atoms with van der Waals surface area (Å²) in [5, 5.41) is 11.2. The molecule has 182 valence electrons. The van der Waals surface area contributed by atoms with Crippen molar-refractivity contribution in [2.24, 2.45) is 4.99 Å². The molecule has 0 aliphatic carbocycles. The van der Waals surface area contributed by atoms with Crippen molar-refractivity contribution in [1.82, 2.24) is 30.3 Å². The molecule has 0 unspecified atom stereocenters. The van der Waals surface area contributed by atoms with Gasteiger partial charge in [-0.3, -0.25) is 4.68 Å². The molecule has 4 rings (SSSR count). The fourth-order valence-corrected chi connectivity index (χ4v) is 3.99. The van der Waals surface area contributed by atoms with E-state index in [0.717, 1.165) is 56.6 Å². The van der Waals surface area contributed by atoms with E-state index in [9.17, 15) is 0 Å². The molecule has 34 heavy (non-hydrogen) atoms. The van der Waals surface area contributed by atoms with Crippen LogP contribution in [0.4, 0.5) is 5.82 Å². The predicted octanol–water partition coefficient (Wildman–Crippen LogP) is 2.95. The minimum absolute atomic E-state index is 0. The molecule has 0 saturated carbocycles. The minimum Gasteiger partial charge on any atom is -0.357 e. The van der Waals surface area contributed by atoms with Gasteiger partial charge < -0.3 is 20.4 Å². The number of hydrogen-bond donors (Lipinski definition) is 2. The van der Waals surface area contributed by atoms with Crippen molar-refractivity contribution in [3.63, 3.8) is 0 Å². The summed E-state index contributed by atoms with van der Waals surface area (Å²) in [5.41, 5.74) is 3.63. The van der Waals surface area contributed by atoms with Gasteiger partial charge in [0.25, 0.3) is 0 Å². The van der Waals surface area contributed by atoms with Crippen LogP contribution in [0.2, 0.25) is 0 Å². The van der Waals surface area contributed by atoms with Gasteiger partial charge in [-0.15, -0.1) is 24.0 Å². The number of nitrogens with zero attached hydrogens (tertiary/aromatic N) is 6. The first kappa shape index (κ1) is 26.0. The normalized spacial score (nSPS) is 14.5. The Morgan fingerprint density at radius 3 is 2.44 bits per heavy atom. The summed E-state index contributed by atoms with van der Waals surface area (Å²) in [6, 6.07) is 14.5. The molecule has 1 aromatic carbocycles. The van der Waals surface area contributed by atoms with Crippen LogP contribution in [0.15, 0.2) is 66.0 Å². The van der Waals surface area contributed by atoms with Gasteiger partial charge in [0.05, 0.1) is 13.1 Å². The lowest BCUT2D eigenvalue weighted by Crippen LogP contribution is -2.45. The van der Waals surface area contributed by atoms with Crippen LogP contribution in [0.5, 0.6) is 0 Å². The molecule has 8 nitrogen and oxygen atoms in total. The van der Waals surface area contributed by atoms with Crippen molar-refractivity contribution in [3.05, 3.63) is 77.7 Å². The maximum atomic E-state index is 4.87. The lowest BCUT2D eigenvalue weighted by Gasteiger charge is -2.34. The first-order chi connectivity index (χ1) is 16.2. The number of guanidine groups is 1. The Morgan fingerprint density at radius 1 is 0.941 bits per heavy atom. The zero-order chi connectivity index (χ0) is 22.9. The molecule has 0 atom stereocenters. The summed E-state index contributed by atoms with van der Waals surface area (Å²) in [6.07, 6.45) is 5.67. The second-order valence-corrected chi connectivity index (χ2v) is 8.30. The molecule has 1 fully saturated rings. The number of pyridine rings is 1. The molecule has 2 N–H and O–H groups in total. The lowest BCUT2D eigenvalue weighted by atomic mass is 10.1. The molecule has 0 radical (unpaired) electrons. The van der Waals surface area contributed by atoms with E-state index in [1.54, 1.807) is 0 Å². The predicted molar refractivity (Wildman–Crippen MR) is 149 cm³/mol. The largest absolute Gasteiger partial charge is 0.357 e. The van der Waals surface area contributed by atoms with E-state index in [-0.39, 0.29) is 24.0 Å². The van der Waals surface area contributed by atoms with Crippen LogP contribution in [0, 0.1) is 0 Å². The molecule has 0 bridgehead atoms. The smallest absolute Gasteiger partial charge is 0.191 e.